The Balaban J connectivity index is 2.10. The van der Waals surface area contributed by atoms with Gasteiger partial charge in [0.2, 0.25) is 0 Å². The molecule has 8 heteroatoms. The number of rotatable bonds is 18. The van der Waals surface area contributed by atoms with E-state index in [0.29, 0.717) is 0 Å². The van der Waals surface area contributed by atoms with Crippen LogP contribution in [0.5, 0.6) is 0 Å². The molecule has 7 atom stereocenters. The third-order valence-electron chi connectivity index (χ3n) is 6.05. The molecule has 32 heavy (non-hydrogen) atoms. The topological polar surface area (TPSA) is 146 Å². The van der Waals surface area contributed by atoms with E-state index in [-0.39, 0.29) is 6.61 Å². The van der Waals surface area contributed by atoms with E-state index in [1.54, 1.807) is 6.08 Å². The highest BCUT2D eigenvalue weighted by Crippen LogP contribution is 2.22. The Labute approximate surface area is 193 Å². The van der Waals surface area contributed by atoms with Crippen molar-refractivity contribution in [2.75, 3.05) is 13.2 Å². The van der Waals surface area contributed by atoms with Crippen LogP contribution in [0.3, 0.4) is 0 Å². The first-order chi connectivity index (χ1) is 15.4. The van der Waals surface area contributed by atoms with Gasteiger partial charge in [-0.05, 0) is 12.8 Å². The van der Waals surface area contributed by atoms with E-state index in [2.05, 4.69) is 6.92 Å². The van der Waals surface area contributed by atoms with E-state index in [1.807, 2.05) is 6.08 Å². The maximum absolute atomic E-state index is 10.2. The summed E-state index contributed by atoms with van der Waals surface area (Å²) in [5, 5.41) is 48.8. The van der Waals surface area contributed by atoms with Crippen LogP contribution in [-0.4, -0.2) is 81.6 Å². The zero-order chi connectivity index (χ0) is 23.8. The molecule has 7 N–H and O–H groups in total. The Bertz CT molecular complexity index is 477. The molecule has 1 fully saturated rings. The Kier molecular flexibility index (Phi) is 16.4. The van der Waals surface area contributed by atoms with E-state index < -0.39 is 49.5 Å². The van der Waals surface area contributed by atoms with Gasteiger partial charge in [-0.15, -0.1) is 0 Å². The lowest BCUT2D eigenvalue weighted by Gasteiger charge is -2.39. The highest BCUT2D eigenvalue weighted by atomic mass is 16.7. The van der Waals surface area contributed by atoms with E-state index in [0.717, 1.165) is 12.8 Å². The zero-order valence-electron chi connectivity index (χ0n) is 19.7. The SMILES string of the molecule is CCCCCCCCCCCCCC=CC(O)C(N)CO[C@H]1O[C@H](CO)[C@H](O)[C@H](O)[C@H]1O. The fraction of sp³-hybridized carbons (Fsp3) is 0.917. The molecule has 2 unspecified atom stereocenters. The first-order valence-corrected chi connectivity index (χ1v) is 12.4. The summed E-state index contributed by atoms with van der Waals surface area (Å²) in [7, 11) is 0. The number of ether oxygens (including phenoxy) is 2. The molecule has 0 aromatic rings. The molecule has 1 heterocycles. The number of aliphatic hydroxyl groups is 5. The summed E-state index contributed by atoms with van der Waals surface area (Å²) < 4.78 is 10.6. The van der Waals surface area contributed by atoms with Crippen LogP contribution in [0.25, 0.3) is 0 Å². The van der Waals surface area contributed by atoms with Crippen LogP contribution in [0.2, 0.25) is 0 Å². The summed E-state index contributed by atoms with van der Waals surface area (Å²) in [6, 6.07) is -0.740. The van der Waals surface area contributed by atoms with Crippen LogP contribution >= 0.6 is 0 Å². The lowest BCUT2D eigenvalue weighted by molar-refractivity contribution is -0.302. The van der Waals surface area contributed by atoms with Crippen molar-refractivity contribution in [2.24, 2.45) is 5.73 Å². The lowest BCUT2D eigenvalue weighted by atomic mass is 9.99. The van der Waals surface area contributed by atoms with Crippen LogP contribution in [0.4, 0.5) is 0 Å². The average Bonchev–Trinajstić information content (AvgIpc) is 2.79. The minimum atomic E-state index is -1.50. The number of nitrogens with two attached hydrogens (primary N) is 1. The molecule has 0 amide bonds. The van der Waals surface area contributed by atoms with Crippen LogP contribution < -0.4 is 5.73 Å². The maximum Gasteiger partial charge on any atom is 0.186 e. The van der Waals surface area contributed by atoms with Crippen LogP contribution in [0.15, 0.2) is 12.2 Å². The predicted molar refractivity (Wildman–Crippen MR) is 124 cm³/mol. The Hall–Kier alpha value is -0.580. The van der Waals surface area contributed by atoms with E-state index in [9.17, 15) is 25.5 Å². The molecule has 0 saturated carbocycles. The van der Waals surface area contributed by atoms with Crippen molar-refractivity contribution >= 4 is 0 Å². The van der Waals surface area contributed by atoms with Gasteiger partial charge in [-0.2, -0.15) is 0 Å². The fourth-order valence-corrected chi connectivity index (χ4v) is 3.81. The van der Waals surface area contributed by atoms with Gasteiger partial charge in [-0.3, -0.25) is 0 Å². The van der Waals surface area contributed by atoms with Crippen molar-refractivity contribution in [1.82, 2.24) is 0 Å². The number of hydrogen-bond acceptors (Lipinski definition) is 8. The normalized spacial score (nSPS) is 28.3. The zero-order valence-corrected chi connectivity index (χ0v) is 19.7. The van der Waals surface area contributed by atoms with Crippen molar-refractivity contribution in [3.8, 4) is 0 Å². The molecule has 0 spiro atoms. The molecule has 0 radical (unpaired) electrons. The van der Waals surface area contributed by atoms with Gasteiger partial charge in [-0.1, -0.05) is 83.3 Å². The fourth-order valence-electron chi connectivity index (χ4n) is 3.81. The molecule has 0 aromatic heterocycles. The van der Waals surface area contributed by atoms with Gasteiger partial charge < -0.3 is 40.7 Å². The number of hydrogen-bond donors (Lipinski definition) is 6. The number of allylic oxidation sites excluding steroid dienone is 1. The van der Waals surface area contributed by atoms with Gasteiger partial charge in [0.25, 0.3) is 0 Å². The smallest absolute Gasteiger partial charge is 0.186 e. The van der Waals surface area contributed by atoms with E-state index in [4.69, 9.17) is 15.2 Å². The van der Waals surface area contributed by atoms with E-state index >= 15 is 0 Å². The molecule has 1 aliphatic rings. The Morgan fingerprint density at radius 3 is 2.00 bits per heavy atom. The second-order valence-electron chi connectivity index (χ2n) is 8.94. The van der Waals surface area contributed by atoms with Gasteiger partial charge in [0.05, 0.1) is 25.4 Å². The Morgan fingerprint density at radius 2 is 1.44 bits per heavy atom. The summed E-state index contributed by atoms with van der Waals surface area (Å²) in [6.45, 7) is 1.60. The van der Waals surface area contributed by atoms with Crippen molar-refractivity contribution < 1.29 is 35.0 Å². The molecule has 8 nitrogen and oxygen atoms in total. The van der Waals surface area contributed by atoms with E-state index in [1.165, 1.54) is 64.2 Å². The molecule has 1 rings (SSSR count). The van der Waals surface area contributed by atoms with Crippen molar-refractivity contribution in [3.05, 3.63) is 12.2 Å². The quantitative estimate of drug-likeness (QED) is 0.134. The summed E-state index contributed by atoms with van der Waals surface area (Å²) in [6.07, 6.45) is 11.1. The second kappa shape index (κ2) is 17.8. The summed E-state index contributed by atoms with van der Waals surface area (Å²) in [4.78, 5) is 0. The summed E-state index contributed by atoms with van der Waals surface area (Å²) in [5.41, 5.74) is 5.93. The molecular weight excluding hydrogens is 414 g/mol. The van der Waals surface area contributed by atoms with Gasteiger partial charge in [0.1, 0.15) is 24.4 Å². The molecule has 0 bridgehead atoms. The summed E-state index contributed by atoms with van der Waals surface area (Å²) in [5.74, 6) is 0. The van der Waals surface area contributed by atoms with Crippen molar-refractivity contribution in [1.29, 1.82) is 0 Å². The van der Waals surface area contributed by atoms with Crippen molar-refractivity contribution in [2.45, 2.75) is 127 Å². The first-order valence-electron chi connectivity index (χ1n) is 12.4. The minimum Gasteiger partial charge on any atom is -0.394 e. The largest absolute Gasteiger partial charge is 0.394 e. The maximum atomic E-state index is 10.2. The molecule has 0 aromatic carbocycles. The highest BCUT2D eigenvalue weighted by Gasteiger charge is 2.44. The first kappa shape index (κ1) is 29.5. The molecule has 190 valence electrons. The van der Waals surface area contributed by atoms with Gasteiger partial charge in [0.15, 0.2) is 6.29 Å². The van der Waals surface area contributed by atoms with Gasteiger partial charge in [-0.25, -0.2) is 0 Å². The molecule has 0 aliphatic carbocycles. The monoisotopic (exact) mass is 461 g/mol. The predicted octanol–water partition coefficient (Wildman–Crippen LogP) is 1.75. The van der Waals surface area contributed by atoms with Gasteiger partial charge in [0, 0.05) is 0 Å². The highest BCUT2D eigenvalue weighted by molar-refractivity contribution is 4.94. The van der Waals surface area contributed by atoms with Crippen LogP contribution in [0.1, 0.15) is 84.0 Å². The number of aliphatic hydroxyl groups excluding tert-OH is 5. The third kappa shape index (κ3) is 11.5. The van der Waals surface area contributed by atoms with Crippen LogP contribution in [-0.2, 0) is 9.47 Å². The second-order valence-corrected chi connectivity index (χ2v) is 8.94. The average molecular weight is 462 g/mol. The molecule has 1 aliphatic heterocycles. The molecular formula is C24H47NO7. The summed E-state index contributed by atoms with van der Waals surface area (Å²) >= 11 is 0. The Morgan fingerprint density at radius 1 is 0.875 bits per heavy atom. The van der Waals surface area contributed by atoms with Crippen molar-refractivity contribution in [3.63, 3.8) is 0 Å². The molecule has 1 saturated heterocycles. The number of unbranched alkanes of at least 4 members (excludes halogenated alkanes) is 11. The van der Waals surface area contributed by atoms with Crippen LogP contribution in [0, 0.1) is 0 Å². The minimum absolute atomic E-state index is 0.118. The third-order valence-corrected chi connectivity index (χ3v) is 6.05. The van der Waals surface area contributed by atoms with Gasteiger partial charge >= 0.3 is 0 Å². The standard InChI is InChI=1S/C24H47NO7/c1-2-3-4-5-6-7-8-9-10-11-12-13-14-15-19(27)18(25)17-31-24-23(30)22(29)21(28)20(16-26)32-24/h14-15,18-24,26-30H,2-13,16-17,25H2,1H3/t18?,19?,20-,21+,22+,23-,24+/m1/s1. The lowest BCUT2D eigenvalue weighted by Crippen LogP contribution is -2.59.